The lowest BCUT2D eigenvalue weighted by atomic mass is 9.88. The van der Waals surface area contributed by atoms with Crippen LogP contribution in [-0.4, -0.2) is 29.4 Å². The first-order chi connectivity index (χ1) is 17.4. The Kier molecular flexibility index (Phi) is 10.7. The molecule has 1 aliphatic rings. The molecule has 192 valence electrons. The summed E-state index contributed by atoms with van der Waals surface area (Å²) < 4.78 is 6.33. The van der Waals surface area contributed by atoms with Crippen molar-refractivity contribution in [2.45, 2.75) is 51.9 Å². The lowest BCUT2D eigenvalue weighted by Crippen LogP contribution is -2.48. The molecule has 1 fully saturated rings. The molecule has 0 bridgehead atoms. The highest BCUT2D eigenvalue weighted by molar-refractivity contribution is 9.10. The molecule has 0 spiro atoms. The standard InChI is InChI=1S/C26H31BrN4O4S/c1-2-3-15-35-22-14-11-19(16-21(22)27)24(33)29-26(36)31-30-25(34)18-9-12-20(13-10-18)28-23(32)17-7-5-4-6-8-17/h9-14,16-17H,2-8,15H2,1H3,(H,28,32)(H,30,34)(H2,29,31,33,36). The van der Waals surface area contributed by atoms with E-state index in [2.05, 4.69) is 44.3 Å². The lowest BCUT2D eigenvalue weighted by molar-refractivity contribution is -0.120. The van der Waals surface area contributed by atoms with Crippen molar-refractivity contribution in [3.05, 3.63) is 58.1 Å². The van der Waals surface area contributed by atoms with Gasteiger partial charge < -0.3 is 10.1 Å². The predicted molar refractivity (Wildman–Crippen MR) is 147 cm³/mol. The second-order valence-corrected chi connectivity index (χ2v) is 9.87. The molecular weight excluding hydrogens is 544 g/mol. The SMILES string of the molecule is CCCCOc1ccc(C(=O)NC(=S)NNC(=O)c2ccc(NC(=O)C3CCCCC3)cc2)cc1Br. The fourth-order valence-electron chi connectivity index (χ4n) is 3.79. The smallest absolute Gasteiger partial charge is 0.269 e. The predicted octanol–water partition coefficient (Wildman–Crippen LogP) is 5.10. The van der Waals surface area contributed by atoms with Crippen LogP contribution in [0.5, 0.6) is 5.75 Å². The number of benzene rings is 2. The zero-order valence-corrected chi connectivity index (χ0v) is 22.6. The molecule has 1 saturated carbocycles. The second kappa shape index (κ2) is 13.9. The number of hydrazine groups is 1. The molecule has 0 unspecified atom stereocenters. The number of carbonyl (C=O) groups excluding carboxylic acids is 3. The number of hydrogen-bond acceptors (Lipinski definition) is 5. The number of rotatable bonds is 8. The minimum absolute atomic E-state index is 0.0281. The fourth-order valence-corrected chi connectivity index (χ4v) is 4.43. The van der Waals surface area contributed by atoms with Gasteiger partial charge in [-0.05, 0) is 89.9 Å². The molecule has 10 heteroatoms. The van der Waals surface area contributed by atoms with Crippen molar-refractivity contribution >= 4 is 56.7 Å². The molecule has 4 N–H and O–H groups in total. The van der Waals surface area contributed by atoms with E-state index in [9.17, 15) is 14.4 Å². The van der Waals surface area contributed by atoms with E-state index < -0.39 is 11.8 Å². The topological polar surface area (TPSA) is 109 Å². The Morgan fingerprint density at radius 3 is 2.33 bits per heavy atom. The van der Waals surface area contributed by atoms with E-state index in [1.54, 1.807) is 42.5 Å². The first-order valence-corrected chi connectivity index (χ1v) is 13.3. The van der Waals surface area contributed by atoms with Gasteiger partial charge in [-0.3, -0.25) is 30.6 Å². The highest BCUT2D eigenvalue weighted by Gasteiger charge is 2.21. The van der Waals surface area contributed by atoms with Crippen LogP contribution in [0.2, 0.25) is 0 Å². The van der Waals surface area contributed by atoms with Crippen molar-refractivity contribution in [3.63, 3.8) is 0 Å². The number of amides is 3. The Morgan fingerprint density at radius 1 is 0.972 bits per heavy atom. The molecule has 0 radical (unpaired) electrons. The number of ether oxygens (including phenoxy) is 1. The van der Waals surface area contributed by atoms with E-state index in [1.165, 1.54) is 6.42 Å². The number of carbonyl (C=O) groups is 3. The van der Waals surface area contributed by atoms with Crippen LogP contribution in [-0.2, 0) is 4.79 Å². The van der Waals surface area contributed by atoms with Crippen LogP contribution in [0.15, 0.2) is 46.9 Å². The van der Waals surface area contributed by atoms with Crippen molar-refractivity contribution in [3.8, 4) is 5.75 Å². The Morgan fingerprint density at radius 2 is 1.67 bits per heavy atom. The highest BCUT2D eigenvalue weighted by Crippen LogP contribution is 2.26. The van der Waals surface area contributed by atoms with Crippen molar-refractivity contribution in [1.29, 1.82) is 0 Å². The number of unbranched alkanes of at least 4 members (excludes halogenated alkanes) is 1. The fraction of sp³-hybridized carbons (Fsp3) is 0.385. The number of thiocarbonyl (C=S) groups is 1. The molecule has 36 heavy (non-hydrogen) atoms. The largest absolute Gasteiger partial charge is 0.492 e. The summed E-state index contributed by atoms with van der Waals surface area (Å²) in [4.78, 5) is 37.3. The lowest BCUT2D eigenvalue weighted by Gasteiger charge is -2.20. The van der Waals surface area contributed by atoms with Crippen LogP contribution in [0.3, 0.4) is 0 Å². The minimum Gasteiger partial charge on any atom is -0.492 e. The van der Waals surface area contributed by atoms with Gasteiger partial charge in [0.2, 0.25) is 5.91 Å². The third-order valence-corrected chi connectivity index (χ3v) is 6.68. The molecule has 0 aliphatic heterocycles. The summed E-state index contributed by atoms with van der Waals surface area (Å²) in [5, 5.41) is 5.39. The number of hydrogen-bond donors (Lipinski definition) is 4. The van der Waals surface area contributed by atoms with Crippen LogP contribution >= 0.6 is 28.1 Å². The summed E-state index contributed by atoms with van der Waals surface area (Å²) >= 11 is 8.53. The van der Waals surface area contributed by atoms with Crippen molar-refractivity contribution in [1.82, 2.24) is 16.2 Å². The quantitative estimate of drug-likeness (QED) is 0.198. The van der Waals surface area contributed by atoms with E-state index in [0.717, 1.165) is 38.5 Å². The van der Waals surface area contributed by atoms with Crippen molar-refractivity contribution < 1.29 is 19.1 Å². The van der Waals surface area contributed by atoms with E-state index in [0.29, 0.717) is 33.6 Å². The Labute approximate surface area is 225 Å². The maximum Gasteiger partial charge on any atom is 0.269 e. The van der Waals surface area contributed by atoms with Crippen LogP contribution in [0, 0.1) is 5.92 Å². The summed E-state index contributed by atoms with van der Waals surface area (Å²) in [5.41, 5.74) is 6.38. The molecule has 0 atom stereocenters. The van der Waals surface area contributed by atoms with Gasteiger partial charge in [-0.15, -0.1) is 0 Å². The summed E-state index contributed by atoms with van der Waals surface area (Å²) in [6, 6.07) is 11.6. The summed E-state index contributed by atoms with van der Waals surface area (Å²) in [5.74, 6) is -0.123. The van der Waals surface area contributed by atoms with Gasteiger partial charge in [0.25, 0.3) is 11.8 Å². The van der Waals surface area contributed by atoms with E-state index >= 15 is 0 Å². The molecule has 2 aromatic rings. The number of anilines is 1. The summed E-state index contributed by atoms with van der Waals surface area (Å²) in [6.07, 6.45) is 7.18. The van der Waals surface area contributed by atoms with Gasteiger partial charge in [0.15, 0.2) is 5.11 Å². The van der Waals surface area contributed by atoms with Crippen LogP contribution in [0.25, 0.3) is 0 Å². The van der Waals surface area contributed by atoms with Gasteiger partial charge in [0.05, 0.1) is 11.1 Å². The number of nitrogens with one attached hydrogen (secondary N) is 4. The molecular formula is C26H31BrN4O4S. The maximum absolute atomic E-state index is 12.5. The van der Waals surface area contributed by atoms with Gasteiger partial charge >= 0.3 is 0 Å². The first-order valence-electron chi connectivity index (χ1n) is 12.1. The Bertz CT molecular complexity index is 1090. The van der Waals surface area contributed by atoms with Gasteiger partial charge in [0.1, 0.15) is 5.75 Å². The second-order valence-electron chi connectivity index (χ2n) is 8.61. The zero-order chi connectivity index (χ0) is 25.9. The maximum atomic E-state index is 12.5. The van der Waals surface area contributed by atoms with Gasteiger partial charge in [-0.25, -0.2) is 0 Å². The molecule has 0 aromatic heterocycles. The average molecular weight is 576 g/mol. The molecule has 0 saturated heterocycles. The third-order valence-electron chi connectivity index (χ3n) is 5.86. The van der Waals surface area contributed by atoms with Crippen molar-refractivity contribution in [2.24, 2.45) is 5.92 Å². The van der Waals surface area contributed by atoms with Gasteiger partial charge in [0, 0.05) is 22.7 Å². The van der Waals surface area contributed by atoms with Crippen LogP contribution in [0.4, 0.5) is 5.69 Å². The molecule has 8 nitrogen and oxygen atoms in total. The zero-order valence-electron chi connectivity index (χ0n) is 20.2. The molecule has 0 heterocycles. The molecule has 2 aromatic carbocycles. The highest BCUT2D eigenvalue weighted by atomic mass is 79.9. The molecule has 3 rings (SSSR count). The normalized spacial score (nSPS) is 13.4. The van der Waals surface area contributed by atoms with Gasteiger partial charge in [-0.2, -0.15) is 0 Å². The van der Waals surface area contributed by atoms with Crippen LogP contribution in [0.1, 0.15) is 72.6 Å². The minimum atomic E-state index is -0.437. The average Bonchev–Trinajstić information content (AvgIpc) is 2.89. The summed E-state index contributed by atoms with van der Waals surface area (Å²) in [7, 11) is 0. The van der Waals surface area contributed by atoms with E-state index in [4.69, 9.17) is 17.0 Å². The van der Waals surface area contributed by atoms with E-state index in [-0.39, 0.29) is 16.9 Å². The first kappa shape index (κ1) is 27.6. The van der Waals surface area contributed by atoms with Crippen LogP contribution < -0.4 is 26.2 Å². The monoisotopic (exact) mass is 574 g/mol. The van der Waals surface area contributed by atoms with E-state index in [1.807, 2.05) is 0 Å². The Balaban J connectivity index is 1.44. The Hall–Kier alpha value is -2.98. The third kappa shape index (κ3) is 8.30. The molecule has 1 aliphatic carbocycles. The van der Waals surface area contributed by atoms with Gasteiger partial charge in [-0.1, -0.05) is 32.6 Å². The number of halogens is 1. The molecule has 3 amide bonds. The summed E-state index contributed by atoms with van der Waals surface area (Å²) in [6.45, 7) is 2.69. The van der Waals surface area contributed by atoms with Crippen molar-refractivity contribution in [2.75, 3.05) is 11.9 Å².